The molecule has 0 radical (unpaired) electrons. The molecule has 0 unspecified atom stereocenters. The number of carboxylic acid groups (broad SMARTS) is 1. The first-order valence-electron chi connectivity index (χ1n) is 6.03. The van der Waals surface area contributed by atoms with Crippen molar-refractivity contribution in [3.05, 3.63) is 52.9 Å². The van der Waals surface area contributed by atoms with E-state index in [-0.39, 0.29) is 23.4 Å². The van der Waals surface area contributed by atoms with Gasteiger partial charge in [0.1, 0.15) is 17.3 Å². The van der Waals surface area contributed by atoms with Gasteiger partial charge in [-0.25, -0.2) is 13.6 Å². The smallest absolute Gasteiger partial charge is 0.354 e. The normalized spacial score (nSPS) is 10.4. The van der Waals surface area contributed by atoms with E-state index in [1.165, 1.54) is 12.1 Å². The first-order valence-corrected chi connectivity index (χ1v) is 6.03. The fourth-order valence-corrected chi connectivity index (χ4v) is 1.89. The molecule has 2 aromatic rings. The number of hydrogen-bond donors (Lipinski definition) is 3. The monoisotopic (exact) mass is 294 g/mol. The number of H-pyrrole nitrogens is 1. The summed E-state index contributed by atoms with van der Waals surface area (Å²) in [6.45, 7) is 1.64. The van der Waals surface area contributed by atoms with Crippen LogP contribution in [-0.2, 0) is 11.2 Å². The molecule has 0 saturated carbocycles. The number of halogens is 2. The first-order chi connectivity index (χ1) is 9.86. The summed E-state index contributed by atoms with van der Waals surface area (Å²) in [7, 11) is 0. The van der Waals surface area contributed by atoms with Crippen molar-refractivity contribution in [2.75, 3.05) is 5.32 Å². The third kappa shape index (κ3) is 3.44. The molecule has 110 valence electrons. The molecule has 21 heavy (non-hydrogen) atoms. The average molecular weight is 294 g/mol. The summed E-state index contributed by atoms with van der Waals surface area (Å²) in [4.78, 5) is 25.4. The third-order valence-electron chi connectivity index (χ3n) is 2.81. The van der Waals surface area contributed by atoms with E-state index in [4.69, 9.17) is 5.11 Å². The van der Waals surface area contributed by atoms with E-state index in [2.05, 4.69) is 10.3 Å². The molecule has 1 aromatic carbocycles. The van der Waals surface area contributed by atoms with Gasteiger partial charge in [0.05, 0.1) is 12.1 Å². The molecule has 0 atom stereocenters. The number of nitrogens with one attached hydrogen (secondary N) is 2. The number of aromatic carboxylic acids is 1. The Morgan fingerprint density at radius 3 is 2.62 bits per heavy atom. The Kier molecular flexibility index (Phi) is 4.02. The Balaban J connectivity index is 2.13. The van der Waals surface area contributed by atoms with Gasteiger partial charge < -0.3 is 15.4 Å². The van der Waals surface area contributed by atoms with Gasteiger partial charge >= 0.3 is 5.97 Å². The lowest BCUT2D eigenvalue weighted by Gasteiger charge is -2.05. The number of amides is 1. The number of aryl methyl sites for hydroxylation is 1. The fraction of sp³-hybridized carbons (Fsp3) is 0.143. The highest BCUT2D eigenvalue weighted by atomic mass is 19.1. The van der Waals surface area contributed by atoms with Crippen molar-refractivity contribution in [3.8, 4) is 0 Å². The molecule has 0 aliphatic carbocycles. The number of carbonyl (C=O) groups is 2. The molecule has 0 aliphatic heterocycles. The standard InChI is InChI=1S/C14H12F2N2O3/c1-7-4-11(13(17-7)14(20)21)18-12(19)5-8-2-3-9(15)6-10(8)16/h2-4,6,17H,5H2,1H3,(H,18,19)(H,20,21). The van der Waals surface area contributed by atoms with Crippen molar-refractivity contribution in [3.63, 3.8) is 0 Å². The van der Waals surface area contributed by atoms with Gasteiger partial charge in [-0.1, -0.05) is 6.07 Å². The van der Waals surface area contributed by atoms with Crippen LogP contribution in [0.15, 0.2) is 24.3 Å². The predicted octanol–water partition coefficient (Wildman–Crippen LogP) is 2.48. The Morgan fingerprint density at radius 1 is 1.29 bits per heavy atom. The maximum atomic E-state index is 13.4. The van der Waals surface area contributed by atoms with Crippen LogP contribution in [0.25, 0.3) is 0 Å². The highest BCUT2D eigenvalue weighted by Gasteiger charge is 2.16. The Labute approximate surface area is 118 Å². The fourth-order valence-electron chi connectivity index (χ4n) is 1.89. The van der Waals surface area contributed by atoms with Crippen molar-refractivity contribution in [1.29, 1.82) is 0 Å². The van der Waals surface area contributed by atoms with Crippen molar-refractivity contribution < 1.29 is 23.5 Å². The van der Waals surface area contributed by atoms with Gasteiger partial charge in [0, 0.05) is 11.8 Å². The van der Waals surface area contributed by atoms with Crippen LogP contribution in [-0.4, -0.2) is 22.0 Å². The van der Waals surface area contributed by atoms with E-state index in [1.54, 1.807) is 6.92 Å². The Morgan fingerprint density at radius 2 is 2.00 bits per heavy atom. The second-order valence-electron chi connectivity index (χ2n) is 4.51. The topological polar surface area (TPSA) is 82.2 Å². The van der Waals surface area contributed by atoms with E-state index in [9.17, 15) is 18.4 Å². The average Bonchev–Trinajstić information content (AvgIpc) is 2.74. The van der Waals surface area contributed by atoms with Crippen LogP contribution in [0.1, 0.15) is 21.7 Å². The van der Waals surface area contributed by atoms with E-state index >= 15 is 0 Å². The maximum absolute atomic E-state index is 13.4. The van der Waals surface area contributed by atoms with Crippen LogP contribution in [0, 0.1) is 18.6 Å². The van der Waals surface area contributed by atoms with Crippen LogP contribution in [0.4, 0.5) is 14.5 Å². The van der Waals surface area contributed by atoms with E-state index in [0.717, 1.165) is 6.07 Å². The quantitative estimate of drug-likeness (QED) is 0.810. The minimum absolute atomic E-state index is 0.0260. The van der Waals surface area contributed by atoms with Crippen molar-refractivity contribution in [2.24, 2.45) is 0 Å². The highest BCUT2D eigenvalue weighted by Crippen LogP contribution is 2.18. The highest BCUT2D eigenvalue weighted by molar-refractivity contribution is 6.00. The second-order valence-corrected chi connectivity index (χ2v) is 4.51. The summed E-state index contributed by atoms with van der Waals surface area (Å²) in [5.41, 5.74) is 0.543. The number of carboxylic acids is 1. The molecule has 1 heterocycles. The second kappa shape index (κ2) is 5.74. The molecule has 5 nitrogen and oxygen atoms in total. The molecule has 0 fully saturated rings. The number of carbonyl (C=O) groups excluding carboxylic acids is 1. The largest absolute Gasteiger partial charge is 0.477 e. The lowest BCUT2D eigenvalue weighted by atomic mass is 10.1. The van der Waals surface area contributed by atoms with Gasteiger partial charge in [-0.05, 0) is 24.6 Å². The predicted molar refractivity (Wildman–Crippen MR) is 71.2 cm³/mol. The van der Waals surface area contributed by atoms with Crippen molar-refractivity contribution in [1.82, 2.24) is 4.98 Å². The molecular formula is C14H12F2N2O3. The van der Waals surface area contributed by atoms with E-state index in [0.29, 0.717) is 11.8 Å². The Hall–Kier alpha value is -2.70. The van der Waals surface area contributed by atoms with Crippen molar-refractivity contribution >= 4 is 17.6 Å². The molecule has 3 N–H and O–H groups in total. The molecule has 0 spiro atoms. The summed E-state index contributed by atoms with van der Waals surface area (Å²) >= 11 is 0. The minimum atomic E-state index is -1.22. The zero-order chi connectivity index (χ0) is 15.6. The van der Waals surface area contributed by atoms with Crippen LogP contribution in [0.2, 0.25) is 0 Å². The molecule has 1 amide bonds. The van der Waals surface area contributed by atoms with Crippen LogP contribution in [0.3, 0.4) is 0 Å². The first kappa shape index (κ1) is 14.7. The van der Waals surface area contributed by atoms with Crippen LogP contribution in [0.5, 0.6) is 0 Å². The summed E-state index contributed by atoms with van der Waals surface area (Å²) in [5, 5.41) is 11.4. The summed E-state index contributed by atoms with van der Waals surface area (Å²) in [6, 6.07) is 4.37. The molecule has 0 saturated heterocycles. The zero-order valence-electron chi connectivity index (χ0n) is 11.0. The number of hydrogen-bond acceptors (Lipinski definition) is 2. The van der Waals surface area contributed by atoms with Gasteiger partial charge in [0.2, 0.25) is 5.91 Å². The number of aromatic amines is 1. The van der Waals surface area contributed by atoms with Gasteiger partial charge in [-0.2, -0.15) is 0 Å². The molecule has 1 aromatic heterocycles. The van der Waals surface area contributed by atoms with Gasteiger partial charge in [-0.15, -0.1) is 0 Å². The summed E-state index contributed by atoms with van der Waals surface area (Å²) in [5.74, 6) is -3.37. The molecule has 2 rings (SSSR count). The SMILES string of the molecule is Cc1cc(NC(=O)Cc2ccc(F)cc2F)c(C(=O)O)[nH]1. The van der Waals surface area contributed by atoms with Crippen LogP contribution >= 0.6 is 0 Å². The zero-order valence-corrected chi connectivity index (χ0v) is 11.0. The lowest BCUT2D eigenvalue weighted by Crippen LogP contribution is -2.16. The minimum Gasteiger partial charge on any atom is -0.477 e. The Bertz CT molecular complexity index is 710. The van der Waals surface area contributed by atoms with Gasteiger partial charge in [0.15, 0.2) is 0 Å². The van der Waals surface area contributed by atoms with E-state index < -0.39 is 23.5 Å². The van der Waals surface area contributed by atoms with Gasteiger partial charge in [-0.3, -0.25) is 4.79 Å². The molecule has 0 bridgehead atoms. The molecular weight excluding hydrogens is 282 g/mol. The summed E-state index contributed by atoms with van der Waals surface area (Å²) in [6.07, 6.45) is -0.324. The third-order valence-corrected chi connectivity index (χ3v) is 2.81. The number of anilines is 1. The number of aromatic nitrogens is 1. The van der Waals surface area contributed by atoms with Crippen molar-refractivity contribution in [2.45, 2.75) is 13.3 Å². The summed E-state index contributed by atoms with van der Waals surface area (Å²) < 4.78 is 26.2. The van der Waals surface area contributed by atoms with E-state index in [1.807, 2.05) is 0 Å². The number of rotatable bonds is 4. The lowest BCUT2D eigenvalue weighted by molar-refractivity contribution is -0.115. The number of benzene rings is 1. The molecule has 7 heteroatoms. The maximum Gasteiger partial charge on any atom is 0.354 e. The van der Waals surface area contributed by atoms with Crippen LogP contribution < -0.4 is 5.32 Å². The van der Waals surface area contributed by atoms with Gasteiger partial charge in [0.25, 0.3) is 0 Å². The molecule has 0 aliphatic rings.